The maximum absolute atomic E-state index is 12.7. The lowest BCUT2D eigenvalue weighted by molar-refractivity contribution is 0.355. The third kappa shape index (κ3) is 3.47. The molecule has 104 valence electrons. The number of benzene rings is 2. The molecule has 0 aliphatic carbocycles. The van der Waals surface area contributed by atoms with E-state index in [1.165, 1.54) is 12.1 Å². The Morgan fingerprint density at radius 3 is 2.35 bits per heavy atom. The molecular formula is C15H15FN2O2. The maximum atomic E-state index is 12.7. The second-order valence-electron chi connectivity index (χ2n) is 3.99. The Morgan fingerprint density at radius 1 is 1.00 bits per heavy atom. The first-order valence-corrected chi connectivity index (χ1v) is 5.99. The number of anilines is 1. The monoisotopic (exact) mass is 274 g/mol. The number of halogens is 1. The Labute approximate surface area is 116 Å². The molecule has 4 nitrogen and oxygen atoms in total. The zero-order chi connectivity index (χ0) is 14.4. The zero-order valence-corrected chi connectivity index (χ0v) is 11.3. The Balaban J connectivity index is 2.05. The van der Waals surface area contributed by atoms with Gasteiger partial charge in [0.05, 0.1) is 26.1 Å². The Morgan fingerprint density at radius 2 is 1.70 bits per heavy atom. The van der Waals surface area contributed by atoms with Crippen LogP contribution in [0, 0.1) is 5.82 Å². The van der Waals surface area contributed by atoms with Crippen molar-refractivity contribution < 1.29 is 13.9 Å². The summed E-state index contributed by atoms with van der Waals surface area (Å²) < 4.78 is 23.1. The van der Waals surface area contributed by atoms with Gasteiger partial charge in [-0.05, 0) is 48.0 Å². The van der Waals surface area contributed by atoms with Gasteiger partial charge in [-0.2, -0.15) is 5.10 Å². The van der Waals surface area contributed by atoms with Gasteiger partial charge in [0.2, 0.25) is 0 Å². The largest absolute Gasteiger partial charge is 0.493 e. The van der Waals surface area contributed by atoms with E-state index in [2.05, 4.69) is 10.5 Å². The highest BCUT2D eigenvalue weighted by atomic mass is 19.1. The van der Waals surface area contributed by atoms with Crippen LogP contribution < -0.4 is 14.9 Å². The van der Waals surface area contributed by atoms with E-state index in [-0.39, 0.29) is 5.82 Å². The first kappa shape index (κ1) is 13.9. The Kier molecular flexibility index (Phi) is 4.55. The predicted molar refractivity (Wildman–Crippen MR) is 77.2 cm³/mol. The molecular weight excluding hydrogens is 259 g/mol. The van der Waals surface area contributed by atoms with Crippen molar-refractivity contribution in [3.63, 3.8) is 0 Å². The molecule has 0 saturated heterocycles. The van der Waals surface area contributed by atoms with Crippen LogP contribution in [0.1, 0.15) is 5.56 Å². The normalized spacial score (nSPS) is 10.6. The minimum Gasteiger partial charge on any atom is -0.493 e. The smallest absolute Gasteiger partial charge is 0.161 e. The average Bonchev–Trinajstić information content (AvgIpc) is 2.49. The summed E-state index contributed by atoms with van der Waals surface area (Å²) in [4.78, 5) is 0. The fourth-order valence-corrected chi connectivity index (χ4v) is 1.64. The van der Waals surface area contributed by atoms with Crippen LogP contribution in [-0.2, 0) is 0 Å². The molecule has 0 fully saturated rings. The van der Waals surface area contributed by atoms with Crippen molar-refractivity contribution >= 4 is 11.9 Å². The van der Waals surface area contributed by atoms with Crippen LogP contribution in [0.5, 0.6) is 11.5 Å². The summed E-state index contributed by atoms with van der Waals surface area (Å²) in [5.41, 5.74) is 4.39. The summed E-state index contributed by atoms with van der Waals surface area (Å²) in [5.74, 6) is 1.02. The second-order valence-corrected chi connectivity index (χ2v) is 3.99. The molecule has 0 radical (unpaired) electrons. The van der Waals surface area contributed by atoms with Crippen molar-refractivity contribution in [3.8, 4) is 11.5 Å². The van der Waals surface area contributed by atoms with Crippen LogP contribution in [0.25, 0.3) is 0 Å². The van der Waals surface area contributed by atoms with Crippen LogP contribution in [0.2, 0.25) is 0 Å². The standard InChI is InChI=1S/C15H15FN2O2/c1-19-14-8-3-11(9-15(14)20-2)10-17-18-13-6-4-12(16)5-7-13/h3-10,18H,1-2H3/b17-10-. The number of hydrogen-bond acceptors (Lipinski definition) is 4. The highest BCUT2D eigenvalue weighted by Gasteiger charge is 2.02. The second kappa shape index (κ2) is 6.56. The molecule has 0 saturated carbocycles. The van der Waals surface area contributed by atoms with Gasteiger partial charge in [-0.25, -0.2) is 4.39 Å². The zero-order valence-electron chi connectivity index (χ0n) is 11.3. The fraction of sp³-hybridized carbons (Fsp3) is 0.133. The summed E-state index contributed by atoms with van der Waals surface area (Å²) in [6, 6.07) is 11.4. The van der Waals surface area contributed by atoms with Crippen molar-refractivity contribution in [2.75, 3.05) is 19.6 Å². The third-order valence-electron chi connectivity index (χ3n) is 2.66. The average molecular weight is 274 g/mol. The number of hydrazone groups is 1. The first-order valence-electron chi connectivity index (χ1n) is 5.99. The van der Waals surface area contributed by atoms with Gasteiger partial charge in [0.25, 0.3) is 0 Å². The number of methoxy groups -OCH3 is 2. The summed E-state index contributed by atoms with van der Waals surface area (Å²) in [7, 11) is 3.16. The summed E-state index contributed by atoms with van der Waals surface area (Å²) in [6.07, 6.45) is 1.64. The molecule has 0 aromatic heterocycles. The number of hydrogen-bond donors (Lipinski definition) is 1. The van der Waals surface area contributed by atoms with E-state index in [4.69, 9.17) is 9.47 Å². The van der Waals surface area contributed by atoms with Crippen molar-refractivity contribution in [1.29, 1.82) is 0 Å². The lowest BCUT2D eigenvalue weighted by Crippen LogP contribution is -1.94. The molecule has 2 aromatic rings. The minimum absolute atomic E-state index is 0.278. The molecule has 0 heterocycles. The summed E-state index contributed by atoms with van der Waals surface area (Å²) >= 11 is 0. The Hall–Kier alpha value is -2.56. The molecule has 5 heteroatoms. The van der Waals surface area contributed by atoms with E-state index in [1.54, 1.807) is 38.6 Å². The van der Waals surface area contributed by atoms with Crippen molar-refractivity contribution in [3.05, 3.63) is 53.8 Å². The fourth-order valence-electron chi connectivity index (χ4n) is 1.64. The molecule has 0 bridgehead atoms. The van der Waals surface area contributed by atoms with E-state index < -0.39 is 0 Å². The van der Waals surface area contributed by atoms with Crippen LogP contribution >= 0.6 is 0 Å². The lowest BCUT2D eigenvalue weighted by Gasteiger charge is -2.07. The van der Waals surface area contributed by atoms with Crippen LogP contribution in [0.3, 0.4) is 0 Å². The van der Waals surface area contributed by atoms with Crippen molar-refractivity contribution in [1.82, 2.24) is 0 Å². The molecule has 0 aliphatic rings. The van der Waals surface area contributed by atoms with Crippen molar-refractivity contribution in [2.24, 2.45) is 5.10 Å². The summed E-state index contributed by atoms with van der Waals surface area (Å²) in [5, 5.41) is 4.08. The van der Waals surface area contributed by atoms with Crippen molar-refractivity contribution in [2.45, 2.75) is 0 Å². The number of nitrogens with one attached hydrogen (secondary N) is 1. The Bertz CT molecular complexity index is 597. The maximum Gasteiger partial charge on any atom is 0.161 e. The van der Waals surface area contributed by atoms with E-state index in [0.717, 1.165) is 5.56 Å². The highest BCUT2D eigenvalue weighted by molar-refractivity contribution is 5.81. The van der Waals surface area contributed by atoms with Crippen LogP contribution in [-0.4, -0.2) is 20.4 Å². The molecule has 0 spiro atoms. The first-order chi connectivity index (χ1) is 9.72. The van der Waals surface area contributed by atoms with Gasteiger partial charge >= 0.3 is 0 Å². The van der Waals surface area contributed by atoms with Gasteiger partial charge in [0.15, 0.2) is 11.5 Å². The van der Waals surface area contributed by atoms with Gasteiger partial charge in [0, 0.05) is 0 Å². The molecule has 20 heavy (non-hydrogen) atoms. The third-order valence-corrected chi connectivity index (χ3v) is 2.66. The number of nitrogens with zero attached hydrogens (tertiary/aromatic N) is 1. The number of ether oxygens (including phenoxy) is 2. The summed E-state index contributed by atoms with van der Waals surface area (Å²) in [6.45, 7) is 0. The highest BCUT2D eigenvalue weighted by Crippen LogP contribution is 2.26. The lowest BCUT2D eigenvalue weighted by atomic mass is 10.2. The molecule has 1 N–H and O–H groups in total. The topological polar surface area (TPSA) is 42.8 Å². The molecule has 0 unspecified atom stereocenters. The molecule has 2 rings (SSSR count). The molecule has 0 atom stereocenters. The van der Waals surface area contributed by atoms with Crippen LogP contribution in [0.4, 0.5) is 10.1 Å². The van der Waals surface area contributed by atoms with Gasteiger partial charge in [-0.15, -0.1) is 0 Å². The van der Waals surface area contributed by atoms with E-state index in [0.29, 0.717) is 17.2 Å². The number of rotatable bonds is 5. The molecule has 0 aliphatic heterocycles. The SMILES string of the molecule is COc1ccc(/C=N\Nc2ccc(F)cc2)cc1OC. The van der Waals surface area contributed by atoms with Gasteiger partial charge < -0.3 is 9.47 Å². The van der Waals surface area contributed by atoms with Crippen LogP contribution in [0.15, 0.2) is 47.6 Å². The molecule has 0 amide bonds. The van der Waals surface area contributed by atoms with E-state index in [9.17, 15) is 4.39 Å². The van der Waals surface area contributed by atoms with Gasteiger partial charge in [-0.1, -0.05) is 0 Å². The van der Waals surface area contributed by atoms with Gasteiger partial charge in [-0.3, -0.25) is 5.43 Å². The van der Waals surface area contributed by atoms with Gasteiger partial charge in [0.1, 0.15) is 5.82 Å². The van der Waals surface area contributed by atoms with E-state index in [1.807, 2.05) is 12.1 Å². The predicted octanol–water partition coefficient (Wildman–Crippen LogP) is 3.29. The van der Waals surface area contributed by atoms with E-state index >= 15 is 0 Å². The minimum atomic E-state index is -0.278. The molecule has 2 aromatic carbocycles. The quantitative estimate of drug-likeness (QED) is 0.672.